The topological polar surface area (TPSA) is 9.23 Å². The van der Waals surface area contributed by atoms with Crippen LogP contribution in [0.4, 0.5) is 0 Å². The maximum absolute atomic E-state index is 5.22. The summed E-state index contributed by atoms with van der Waals surface area (Å²) in [5, 5.41) is 0. The zero-order valence-corrected chi connectivity index (χ0v) is 15.1. The molecule has 21 heavy (non-hydrogen) atoms. The molecule has 0 heterocycles. The second-order valence-corrected chi connectivity index (χ2v) is 7.67. The van der Waals surface area contributed by atoms with E-state index in [2.05, 4.69) is 47.1 Å². The van der Waals surface area contributed by atoms with Crippen molar-refractivity contribution in [3.63, 3.8) is 0 Å². The summed E-state index contributed by atoms with van der Waals surface area (Å²) in [5.41, 5.74) is 1.41. The molecule has 0 radical (unpaired) electrons. The first-order chi connectivity index (χ1) is 10.2. The Morgan fingerprint density at radius 2 is 1.81 bits per heavy atom. The number of hydrogen-bond acceptors (Lipinski definition) is 1. The van der Waals surface area contributed by atoms with Gasteiger partial charge in [0.1, 0.15) is 5.75 Å². The summed E-state index contributed by atoms with van der Waals surface area (Å²) >= 11 is 3.95. The number of halogens is 1. The Balaban J connectivity index is 1.77. The van der Waals surface area contributed by atoms with E-state index in [9.17, 15) is 0 Å². The van der Waals surface area contributed by atoms with Crippen molar-refractivity contribution in [3.05, 3.63) is 29.8 Å². The van der Waals surface area contributed by atoms with Crippen molar-refractivity contribution >= 4 is 15.9 Å². The average Bonchev–Trinajstić information content (AvgIpc) is 2.54. The van der Waals surface area contributed by atoms with Gasteiger partial charge >= 0.3 is 0 Å². The molecule has 1 atom stereocenters. The molecule has 0 N–H and O–H groups in total. The number of methoxy groups -OCH3 is 1. The Kier molecular flexibility index (Phi) is 7.09. The third-order valence-corrected chi connectivity index (χ3v) is 6.03. The lowest BCUT2D eigenvalue weighted by atomic mass is 9.78. The molecule has 1 saturated carbocycles. The fourth-order valence-corrected chi connectivity index (χ4v) is 4.39. The van der Waals surface area contributed by atoms with Crippen molar-refractivity contribution in [2.24, 2.45) is 11.8 Å². The normalized spacial score (nSPS) is 23.8. The molecule has 1 aromatic rings. The standard InChI is InChI=1S/C19H29BrO/c1-3-4-5-15-6-10-17(11-7-15)19(20)14-16-8-12-18(21-2)13-9-16/h8-9,12-13,15,17,19H,3-7,10-11,14H2,1-2H3. The summed E-state index contributed by atoms with van der Waals surface area (Å²) in [7, 11) is 1.72. The molecule has 0 aromatic heterocycles. The molecular weight excluding hydrogens is 324 g/mol. The Labute approximate surface area is 138 Å². The number of benzene rings is 1. The van der Waals surface area contributed by atoms with Gasteiger partial charge in [-0.05, 0) is 48.8 Å². The highest BCUT2D eigenvalue weighted by Crippen LogP contribution is 2.36. The van der Waals surface area contributed by atoms with E-state index in [1.54, 1.807) is 7.11 Å². The van der Waals surface area contributed by atoms with Crippen LogP contribution in [0.3, 0.4) is 0 Å². The molecule has 1 unspecified atom stereocenters. The van der Waals surface area contributed by atoms with E-state index in [0.29, 0.717) is 4.83 Å². The van der Waals surface area contributed by atoms with Gasteiger partial charge in [-0.25, -0.2) is 0 Å². The fourth-order valence-electron chi connectivity index (χ4n) is 3.48. The summed E-state index contributed by atoms with van der Waals surface area (Å²) < 4.78 is 5.22. The molecule has 1 aliphatic rings. The van der Waals surface area contributed by atoms with Gasteiger partial charge in [-0.3, -0.25) is 0 Å². The van der Waals surface area contributed by atoms with Crippen LogP contribution >= 0.6 is 15.9 Å². The predicted molar refractivity (Wildman–Crippen MR) is 94.4 cm³/mol. The highest BCUT2D eigenvalue weighted by molar-refractivity contribution is 9.09. The summed E-state index contributed by atoms with van der Waals surface area (Å²) in [5.74, 6) is 2.80. The third kappa shape index (κ3) is 5.32. The van der Waals surface area contributed by atoms with E-state index in [-0.39, 0.29) is 0 Å². The molecule has 1 aliphatic carbocycles. The number of rotatable bonds is 7. The molecule has 2 rings (SSSR count). The van der Waals surface area contributed by atoms with Crippen molar-refractivity contribution in [2.45, 2.75) is 63.1 Å². The largest absolute Gasteiger partial charge is 0.497 e. The van der Waals surface area contributed by atoms with Crippen LogP contribution in [0.1, 0.15) is 57.4 Å². The van der Waals surface area contributed by atoms with E-state index in [1.165, 1.54) is 50.5 Å². The quantitative estimate of drug-likeness (QED) is 0.547. The molecule has 2 heteroatoms. The van der Waals surface area contributed by atoms with Gasteiger partial charge in [-0.1, -0.05) is 67.1 Å². The smallest absolute Gasteiger partial charge is 0.118 e. The molecule has 1 nitrogen and oxygen atoms in total. The van der Waals surface area contributed by atoms with Crippen LogP contribution < -0.4 is 4.74 Å². The maximum Gasteiger partial charge on any atom is 0.118 e. The van der Waals surface area contributed by atoms with Crippen molar-refractivity contribution in [1.82, 2.24) is 0 Å². The van der Waals surface area contributed by atoms with Crippen LogP contribution in [0.15, 0.2) is 24.3 Å². The summed E-state index contributed by atoms with van der Waals surface area (Å²) in [6.45, 7) is 2.30. The van der Waals surface area contributed by atoms with Gasteiger partial charge < -0.3 is 4.74 Å². The summed E-state index contributed by atoms with van der Waals surface area (Å²) in [6, 6.07) is 8.52. The zero-order chi connectivity index (χ0) is 15.1. The average molecular weight is 353 g/mol. The SMILES string of the molecule is CCCCC1CCC(C(Br)Cc2ccc(OC)cc2)CC1. The first-order valence-corrected chi connectivity index (χ1v) is 9.41. The molecule has 0 spiro atoms. The van der Waals surface area contributed by atoms with E-state index < -0.39 is 0 Å². The number of alkyl halides is 1. The Hall–Kier alpha value is -0.500. The molecule has 0 aliphatic heterocycles. The van der Waals surface area contributed by atoms with E-state index in [0.717, 1.165) is 24.0 Å². The van der Waals surface area contributed by atoms with Crippen LogP contribution in [-0.4, -0.2) is 11.9 Å². The predicted octanol–water partition coefficient (Wildman–Crippen LogP) is 6.00. The lowest BCUT2D eigenvalue weighted by molar-refractivity contribution is 0.256. The minimum atomic E-state index is 0.623. The van der Waals surface area contributed by atoms with Crippen molar-refractivity contribution in [3.8, 4) is 5.75 Å². The van der Waals surface area contributed by atoms with Gasteiger partial charge in [0.15, 0.2) is 0 Å². The van der Waals surface area contributed by atoms with Crippen molar-refractivity contribution in [2.75, 3.05) is 7.11 Å². The van der Waals surface area contributed by atoms with Gasteiger partial charge in [0.05, 0.1) is 7.11 Å². The Bertz CT molecular complexity index is 393. The van der Waals surface area contributed by atoms with Crippen molar-refractivity contribution < 1.29 is 4.74 Å². The van der Waals surface area contributed by atoms with Gasteiger partial charge in [0.25, 0.3) is 0 Å². The summed E-state index contributed by atoms with van der Waals surface area (Å²) in [4.78, 5) is 0.623. The minimum absolute atomic E-state index is 0.623. The Morgan fingerprint density at radius 3 is 2.38 bits per heavy atom. The molecule has 0 amide bonds. The van der Waals surface area contributed by atoms with Crippen LogP contribution in [0.25, 0.3) is 0 Å². The number of hydrogen-bond donors (Lipinski definition) is 0. The highest BCUT2D eigenvalue weighted by atomic mass is 79.9. The lowest BCUT2D eigenvalue weighted by Crippen LogP contribution is -2.23. The molecule has 1 fully saturated rings. The zero-order valence-electron chi connectivity index (χ0n) is 13.5. The first-order valence-electron chi connectivity index (χ1n) is 8.50. The second kappa shape index (κ2) is 8.82. The van der Waals surface area contributed by atoms with Crippen LogP contribution in [0, 0.1) is 11.8 Å². The first kappa shape index (κ1) is 16.9. The molecule has 0 bridgehead atoms. The second-order valence-electron chi connectivity index (χ2n) is 6.49. The van der Waals surface area contributed by atoms with Gasteiger partial charge in [0, 0.05) is 4.83 Å². The summed E-state index contributed by atoms with van der Waals surface area (Å²) in [6.07, 6.45) is 11.0. The van der Waals surface area contributed by atoms with Crippen LogP contribution in [0.2, 0.25) is 0 Å². The van der Waals surface area contributed by atoms with Crippen LogP contribution in [-0.2, 0) is 6.42 Å². The van der Waals surface area contributed by atoms with Crippen molar-refractivity contribution in [1.29, 1.82) is 0 Å². The van der Waals surface area contributed by atoms with E-state index in [4.69, 9.17) is 4.74 Å². The minimum Gasteiger partial charge on any atom is -0.497 e. The van der Waals surface area contributed by atoms with Gasteiger partial charge in [0.2, 0.25) is 0 Å². The molecular formula is C19H29BrO. The fraction of sp³-hybridized carbons (Fsp3) is 0.684. The maximum atomic E-state index is 5.22. The Morgan fingerprint density at radius 1 is 1.14 bits per heavy atom. The number of ether oxygens (including phenoxy) is 1. The monoisotopic (exact) mass is 352 g/mol. The number of unbranched alkanes of at least 4 members (excludes halogenated alkanes) is 1. The van der Waals surface area contributed by atoms with E-state index in [1.807, 2.05) is 0 Å². The van der Waals surface area contributed by atoms with Gasteiger partial charge in [-0.15, -0.1) is 0 Å². The highest BCUT2D eigenvalue weighted by Gasteiger charge is 2.25. The molecule has 0 saturated heterocycles. The lowest BCUT2D eigenvalue weighted by Gasteiger charge is -2.31. The van der Waals surface area contributed by atoms with Crippen LogP contribution in [0.5, 0.6) is 5.75 Å². The third-order valence-electron chi connectivity index (χ3n) is 4.96. The molecule has 1 aromatic carbocycles. The molecule has 118 valence electrons. The van der Waals surface area contributed by atoms with E-state index >= 15 is 0 Å². The van der Waals surface area contributed by atoms with Gasteiger partial charge in [-0.2, -0.15) is 0 Å².